The van der Waals surface area contributed by atoms with Gasteiger partial charge in [0.2, 0.25) is 0 Å². The number of carbonyl (C=O) groups is 2. The van der Waals surface area contributed by atoms with E-state index in [0.29, 0.717) is 13.1 Å². The van der Waals surface area contributed by atoms with Crippen LogP contribution in [0.2, 0.25) is 0 Å². The van der Waals surface area contributed by atoms with Crippen LogP contribution in [0.25, 0.3) is 0 Å². The molecule has 0 spiro atoms. The summed E-state index contributed by atoms with van der Waals surface area (Å²) in [6.45, 7) is 6.51. The normalized spacial score (nSPS) is 15.1. The smallest absolute Gasteiger partial charge is 0.410 e. The van der Waals surface area contributed by atoms with Crippen LogP contribution in [0.3, 0.4) is 0 Å². The number of carboxylic acid groups (broad SMARTS) is 1. The first-order valence-electron chi connectivity index (χ1n) is 7.09. The average molecular weight is 291 g/mol. The van der Waals surface area contributed by atoms with Gasteiger partial charge < -0.3 is 14.7 Å². The summed E-state index contributed by atoms with van der Waals surface area (Å²) in [6.07, 6.45) is 1.34. The molecule has 0 saturated carbocycles. The Hall–Kier alpha value is -2.04. The second-order valence-corrected chi connectivity index (χ2v) is 6.29. The molecule has 0 saturated heterocycles. The molecule has 5 nitrogen and oxygen atoms in total. The molecule has 0 radical (unpaired) electrons. The number of ether oxygens (including phenoxy) is 1. The zero-order valence-electron chi connectivity index (χ0n) is 12.7. The number of aromatic carboxylic acids is 1. The molecule has 1 aliphatic heterocycles. The monoisotopic (exact) mass is 291 g/mol. The van der Waals surface area contributed by atoms with Crippen molar-refractivity contribution in [1.82, 2.24) is 4.90 Å². The third-order valence-electron chi connectivity index (χ3n) is 3.34. The third kappa shape index (κ3) is 3.97. The summed E-state index contributed by atoms with van der Waals surface area (Å²) in [4.78, 5) is 24.9. The summed E-state index contributed by atoms with van der Waals surface area (Å²) in [5.74, 6) is -0.953. The van der Waals surface area contributed by atoms with E-state index in [1.165, 1.54) is 0 Å². The second kappa shape index (κ2) is 5.76. The SMILES string of the molecule is CC(C)(C)OC(=O)N1CCCc2ccc(C(=O)O)cc2C1. The highest BCUT2D eigenvalue weighted by molar-refractivity contribution is 5.88. The number of carbonyl (C=O) groups excluding carboxylic acids is 1. The van der Waals surface area contributed by atoms with E-state index in [-0.39, 0.29) is 11.7 Å². The van der Waals surface area contributed by atoms with Gasteiger partial charge in [-0.15, -0.1) is 0 Å². The molecular weight excluding hydrogens is 270 g/mol. The molecule has 0 aromatic heterocycles. The Morgan fingerprint density at radius 1 is 1.24 bits per heavy atom. The average Bonchev–Trinajstić information content (AvgIpc) is 2.57. The van der Waals surface area contributed by atoms with Gasteiger partial charge in [0.1, 0.15) is 5.60 Å². The minimum Gasteiger partial charge on any atom is -0.478 e. The van der Waals surface area contributed by atoms with Crippen LogP contribution in [-0.4, -0.2) is 34.2 Å². The van der Waals surface area contributed by atoms with Crippen molar-refractivity contribution in [2.45, 2.75) is 45.8 Å². The van der Waals surface area contributed by atoms with E-state index in [4.69, 9.17) is 9.84 Å². The van der Waals surface area contributed by atoms with Gasteiger partial charge in [-0.25, -0.2) is 9.59 Å². The molecule has 0 bridgehead atoms. The van der Waals surface area contributed by atoms with Crippen molar-refractivity contribution >= 4 is 12.1 Å². The van der Waals surface area contributed by atoms with Gasteiger partial charge in [-0.2, -0.15) is 0 Å². The van der Waals surface area contributed by atoms with Crippen molar-refractivity contribution in [2.24, 2.45) is 0 Å². The number of hydrogen-bond donors (Lipinski definition) is 1. The van der Waals surface area contributed by atoms with E-state index in [9.17, 15) is 9.59 Å². The lowest BCUT2D eigenvalue weighted by Crippen LogP contribution is -2.36. The lowest BCUT2D eigenvalue weighted by molar-refractivity contribution is 0.0236. The number of rotatable bonds is 1. The maximum absolute atomic E-state index is 12.2. The first kappa shape index (κ1) is 15.4. The van der Waals surface area contributed by atoms with Crippen molar-refractivity contribution < 1.29 is 19.4 Å². The number of amides is 1. The molecule has 2 rings (SSSR count). The van der Waals surface area contributed by atoms with E-state index in [1.54, 1.807) is 17.0 Å². The Balaban J connectivity index is 2.21. The lowest BCUT2D eigenvalue weighted by atomic mass is 10.0. The van der Waals surface area contributed by atoms with Crippen LogP contribution >= 0.6 is 0 Å². The Morgan fingerprint density at radius 2 is 1.95 bits per heavy atom. The molecule has 1 aromatic rings. The zero-order chi connectivity index (χ0) is 15.6. The van der Waals surface area contributed by atoms with Crippen LogP contribution < -0.4 is 0 Å². The van der Waals surface area contributed by atoms with Crippen LogP contribution in [0.4, 0.5) is 4.79 Å². The molecule has 0 aliphatic carbocycles. The molecular formula is C16H21NO4. The van der Waals surface area contributed by atoms with Gasteiger partial charge in [-0.05, 0) is 56.9 Å². The summed E-state index contributed by atoms with van der Waals surface area (Å²) in [7, 11) is 0. The number of nitrogens with zero attached hydrogens (tertiary/aromatic N) is 1. The van der Waals surface area contributed by atoms with Gasteiger partial charge in [-0.1, -0.05) is 6.07 Å². The molecule has 1 heterocycles. The zero-order valence-corrected chi connectivity index (χ0v) is 12.7. The number of fused-ring (bicyclic) bond motifs is 1. The highest BCUT2D eigenvalue weighted by atomic mass is 16.6. The predicted molar refractivity (Wildman–Crippen MR) is 78.4 cm³/mol. The largest absolute Gasteiger partial charge is 0.478 e. The summed E-state index contributed by atoms with van der Waals surface area (Å²) in [5.41, 5.74) is 1.71. The maximum Gasteiger partial charge on any atom is 0.410 e. The van der Waals surface area contributed by atoms with Gasteiger partial charge in [-0.3, -0.25) is 0 Å². The van der Waals surface area contributed by atoms with Gasteiger partial charge in [0.25, 0.3) is 0 Å². The minimum atomic E-state index is -0.953. The Morgan fingerprint density at radius 3 is 2.57 bits per heavy atom. The van der Waals surface area contributed by atoms with Crippen LogP contribution in [0, 0.1) is 0 Å². The third-order valence-corrected chi connectivity index (χ3v) is 3.34. The lowest BCUT2D eigenvalue weighted by Gasteiger charge is -2.26. The van der Waals surface area contributed by atoms with Crippen LogP contribution in [0.15, 0.2) is 18.2 Å². The van der Waals surface area contributed by atoms with Crippen molar-refractivity contribution in [2.75, 3.05) is 6.54 Å². The van der Waals surface area contributed by atoms with Gasteiger partial charge in [0, 0.05) is 13.1 Å². The number of aryl methyl sites for hydroxylation is 1. The highest BCUT2D eigenvalue weighted by Gasteiger charge is 2.24. The Bertz CT molecular complexity index is 560. The highest BCUT2D eigenvalue weighted by Crippen LogP contribution is 2.22. The van der Waals surface area contributed by atoms with Crippen LogP contribution in [0.1, 0.15) is 48.7 Å². The molecule has 0 fully saturated rings. The van der Waals surface area contributed by atoms with E-state index in [1.807, 2.05) is 26.8 Å². The topological polar surface area (TPSA) is 66.8 Å². The quantitative estimate of drug-likeness (QED) is 0.863. The van der Waals surface area contributed by atoms with Crippen molar-refractivity contribution in [3.63, 3.8) is 0 Å². The summed E-state index contributed by atoms with van der Waals surface area (Å²) >= 11 is 0. The molecule has 5 heteroatoms. The van der Waals surface area contributed by atoms with Gasteiger partial charge in [0.05, 0.1) is 5.56 Å². The fourth-order valence-electron chi connectivity index (χ4n) is 2.38. The summed E-state index contributed by atoms with van der Waals surface area (Å²) in [6, 6.07) is 5.11. The Labute approximate surface area is 124 Å². The van der Waals surface area contributed by atoms with E-state index < -0.39 is 11.6 Å². The fraction of sp³-hybridized carbons (Fsp3) is 0.500. The van der Waals surface area contributed by atoms with Gasteiger partial charge >= 0.3 is 12.1 Å². The van der Waals surface area contributed by atoms with Crippen molar-refractivity contribution in [3.8, 4) is 0 Å². The summed E-state index contributed by atoms with van der Waals surface area (Å²) in [5, 5.41) is 9.08. The molecule has 1 N–H and O–H groups in total. The second-order valence-electron chi connectivity index (χ2n) is 6.29. The maximum atomic E-state index is 12.2. The van der Waals surface area contributed by atoms with E-state index in [2.05, 4.69) is 0 Å². The first-order chi connectivity index (χ1) is 9.76. The number of hydrogen-bond acceptors (Lipinski definition) is 3. The summed E-state index contributed by atoms with van der Waals surface area (Å²) < 4.78 is 5.40. The van der Waals surface area contributed by atoms with Crippen molar-refractivity contribution in [3.05, 3.63) is 34.9 Å². The van der Waals surface area contributed by atoms with Crippen molar-refractivity contribution in [1.29, 1.82) is 0 Å². The predicted octanol–water partition coefficient (Wildman–Crippen LogP) is 3.07. The minimum absolute atomic E-state index is 0.250. The molecule has 0 unspecified atom stereocenters. The molecule has 1 amide bonds. The number of benzene rings is 1. The van der Waals surface area contributed by atoms with E-state index >= 15 is 0 Å². The van der Waals surface area contributed by atoms with Crippen LogP contribution in [-0.2, 0) is 17.7 Å². The van der Waals surface area contributed by atoms with Gasteiger partial charge in [0.15, 0.2) is 0 Å². The fourth-order valence-corrected chi connectivity index (χ4v) is 2.38. The number of carboxylic acids is 1. The standard InChI is InChI=1S/C16H21NO4/c1-16(2,3)21-15(20)17-8-4-5-11-6-7-12(14(18)19)9-13(11)10-17/h6-7,9H,4-5,8,10H2,1-3H3,(H,18,19). The molecule has 21 heavy (non-hydrogen) atoms. The molecule has 1 aromatic carbocycles. The van der Waals surface area contributed by atoms with Crippen LogP contribution in [0.5, 0.6) is 0 Å². The molecule has 1 aliphatic rings. The Kier molecular flexibility index (Phi) is 4.21. The van der Waals surface area contributed by atoms with E-state index in [0.717, 1.165) is 24.0 Å². The molecule has 114 valence electrons. The first-order valence-corrected chi connectivity index (χ1v) is 7.09. The molecule has 0 atom stereocenters.